The first kappa shape index (κ1) is 46.8. The number of aromatic nitrogens is 2. The number of nitrogens with one attached hydrogen (secondary N) is 2. The molecule has 5 aromatic rings. The van der Waals surface area contributed by atoms with E-state index < -0.39 is 35.1 Å². The predicted molar refractivity (Wildman–Crippen MR) is 253 cm³/mol. The number of carbonyl (C=O) groups excluding carboxylic acids is 3. The van der Waals surface area contributed by atoms with Crippen LogP contribution in [0.4, 0.5) is 22.0 Å². The van der Waals surface area contributed by atoms with Crippen LogP contribution in [-0.2, 0) is 9.59 Å². The van der Waals surface area contributed by atoms with Gasteiger partial charge in [0.05, 0.1) is 27.3 Å². The molecule has 328 valence electrons. The number of hydrogen-bond acceptors (Lipinski definition) is 6. The number of hydrogen-bond donors (Lipinski definition) is 2. The summed E-state index contributed by atoms with van der Waals surface area (Å²) in [5, 5.41) is 9.34. The van der Waals surface area contributed by atoms with E-state index >= 15 is 0 Å². The van der Waals surface area contributed by atoms with E-state index in [0.29, 0.717) is 17.8 Å². The van der Waals surface area contributed by atoms with Crippen molar-refractivity contribution in [1.29, 1.82) is 0 Å². The van der Waals surface area contributed by atoms with Gasteiger partial charge in [-0.15, -0.1) is 11.6 Å². The molecule has 0 aliphatic carbocycles. The number of fused-ring (bicyclic) bond motifs is 1. The SMILES string of the molecule is CCCCCCCCCCCCC=CCCC(Cl)CC1CC(=O)N(N(c2ccccc2)c2[nH]n(-c3c(Cl)cc(Cl)cc3Cl)c(=O)c2OC(=O)Nc2cccc3ccccc23)C1=O. The number of carbonyl (C=O) groups is 3. The van der Waals surface area contributed by atoms with Crippen molar-refractivity contribution in [3.8, 4) is 11.4 Å². The van der Waals surface area contributed by atoms with Crippen LogP contribution < -0.4 is 20.6 Å². The number of para-hydroxylation sites is 1. The average Bonchev–Trinajstić information content (AvgIpc) is 3.70. The number of benzene rings is 4. The second-order valence-corrected chi connectivity index (χ2v) is 17.5. The number of imide groups is 1. The van der Waals surface area contributed by atoms with Gasteiger partial charge in [0.2, 0.25) is 11.7 Å². The summed E-state index contributed by atoms with van der Waals surface area (Å²) < 4.78 is 6.81. The number of alkyl halides is 1. The van der Waals surface area contributed by atoms with E-state index in [1.54, 1.807) is 42.5 Å². The normalized spacial score (nSPS) is 14.6. The number of aromatic amines is 1. The number of anilines is 3. The molecule has 1 saturated heterocycles. The molecule has 1 fully saturated rings. The zero-order valence-electron chi connectivity index (χ0n) is 34.9. The van der Waals surface area contributed by atoms with Gasteiger partial charge in [0.15, 0.2) is 5.82 Å². The molecule has 14 heteroatoms. The Hall–Kier alpha value is -4.74. The van der Waals surface area contributed by atoms with Gasteiger partial charge in [0.1, 0.15) is 5.69 Å². The maximum atomic E-state index is 14.4. The standard InChI is InChI=1S/C48H53Cl4N5O5/c1-2-3-4-5-6-7-8-9-10-11-12-13-14-16-24-35(49)29-34-30-42(58)57(46(34)59)56(37-25-17-15-18-26-37)45-44(47(60)55(54-45)43-39(51)31-36(50)32-40(43)52)62-48(61)53-41-28-21-23-33-22-19-20-27-38(33)41/h13-15,17-23,25-28,31-32,34-35,54H,2-12,16,24,29-30H2,1H3,(H,53,61). The largest absolute Gasteiger partial charge is 0.417 e. The molecule has 2 unspecified atom stereocenters. The first-order valence-corrected chi connectivity index (χ1v) is 23.1. The third-order valence-electron chi connectivity index (χ3n) is 11.0. The fraction of sp³-hybridized carbons (Fsp3) is 0.375. The van der Waals surface area contributed by atoms with Gasteiger partial charge in [-0.25, -0.2) is 14.5 Å². The lowest BCUT2D eigenvalue weighted by Crippen LogP contribution is -2.44. The van der Waals surface area contributed by atoms with E-state index in [1.807, 2.05) is 30.3 Å². The summed E-state index contributed by atoms with van der Waals surface area (Å²) in [4.78, 5) is 56.5. The lowest BCUT2D eigenvalue weighted by Gasteiger charge is -2.31. The molecule has 2 heterocycles. The quantitative estimate of drug-likeness (QED) is 0.0309. The molecule has 2 N–H and O–H groups in total. The van der Waals surface area contributed by atoms with E-state index in [2.05, 4.69) is 29.5 Å². The van der Waals surface area contributed by atoms with E-state index in [4.69, 9.17) is 51.1 Å². The molecule has 0 saturated carbocycles. The van der Waals surface area contributed by atoms with Crippen LogP contribution in [0.5, 0.6) is 5.75 Å². The lowest BCUT2D eigenvalue weighted by atomic mass is 9.99. The minimum atomic E-state index is -1.01. The van der Waals surface area contributed by atoms with Crippen LogP contribution in [0.2, 0.25) is 15.1 Å². The number of rotatable bonds is 22. The van der Waals surface area contributed by atoms with Crippen molar-refractivity contribution in [2.24, 2.45) is 5.92 Å². The Morgan fingerprint density at radius 1 is 0.839 bits per heavy atom. The highest BCUT2D eigenvalue weighted by molar-refractivity contribution is 6.40. The van der Waals surface area contributed by atoms with Gasteiger partial charge < -0.3 is 4.74 Å². The summed E-state index contributed by atoms with van der Waals surface area (Å²) in [7, 11) is 0. The number of halogens is 4. The second kappa shape index (κ2) is 23.1. The Bertz CT molecular complexity index is 2370. The van der Waals surface area contributed by atoms with Crippen LogP contribution in [0.25, 0.3) is 16.5 Å². The Kier molecular flexibility index (Phi) is 17.4. The smallest absolute Gasteiger partial charge is 0.400 e. The summed E-state index contributed by atoms with van der Waals surface area (Å²) in [6, 6.07) is 24.1. The number of ether oxygens (including phenoxy) is 1. The van der Waals surface area contributed by atoms with E-state index in [0.717, 1.165) is 33.3 Å². The van der Waals surface area contributed by atoms with Gasteiger partial charge in [-0.05, 0) is 67.8 Å². The van der Waals surface area contributed by atoms with Gasteiger partial charge >= 0.3 is 11.7 Å². The number of nitrogens with zero attached hydrogens (tertiary/aromatic N) is 3. The summed E-state index contributed by atoms with van der Waals surface area (Å²) in [6.45, 7) is 2.25. The summed E-state index contributed by atoms with van der Waals surface area (Å²) in [6.07, 6.45) is 18.9. The van der Waals surface area contributed by atoms with Crippen LogP contribution in [0, 0.1) is 5.92 Å². The number of allylic oxidation sites excluding steroid dienone is 2. The predicted octanol–water partition coefficient (Wildman–Crippen LogP) is 14.0. The highest BCUT2D eigenvalue weighted by Gasteiger charge is 2.45. The van der Waals surface area contributed by atoms with Crippen LogP contribution in [0.1, 0.15) is 103 Å². The van der Waals surface area contributed by atoms with E-state index in [-0.39, 0.29) is 44.8 Å². The summed E-state index contributed by atoms with van der Waals surface area (Å²) in [5.74, 6) is -2.55. The zero-order chi connectivity index (χ0) is 44.0. The van der Waals surface area contributed by atoms with Crippen molar-refractivity contribution >= 4 is 92.3 Å². The molecular formula is C48H53Cl4N5O5. The maximum Gasteiger partial charge on any atom is 0.417 e. The topological polar surface area (TPSA) is 117 Å². The van der Waals surface area contributed by atoms with Crippen LogP contribution in [-0.4, -0.2) is 38.1 Å². The Balaban J connectivity index is 1.19. The third kappa shape index (κ3) is 12.0. The van der Waals surface area contributed by atoms with Crippen molar-refractivity contribution < 1.29 is 19.1 Å². The van der Waals surface area contributed by atoms with Crippen LogP contribution >= 0.6 is 46.4 Å². The number of amides is 3. The molecule has 1 aliphatic heterocycles. The highest BCUT2D eigenvalue weighted by Crippen LogP contribution is 2.39. The van der Waals surface area contributed by atoms with Gasteiger partial charge in [0, 0.05) is 22.2 Å². The third-order valence-corrected chi connectivity index (χ3v) is 12.2. The lowest BCUT2D eigenvalue weighted by molar-refractivity contribution is -0.139. The average molecular weight is 922 g/mol. The number of unbranched alkanes of at least 4 members (excludes halogenated alkanes) is 10. The molecule has 1 aliphatic rings. The molecule has 1 aromatic heterocycles. The second-order valence-electron chi connectivity index (χ2n) is 15.6. The monoisotopic (exact) mass is 919 g/mol. The number of H-pyrrole nitrogens is 1. The minimum absolute atomic E-state index is 0.000729. The molecule has 4 aromatic carbocycles. The molecular weight excluding hydrogens is 868 g/mol. The fourth-order valence-corrected chi connectivity index (χ4v) is 9.12. The Labute approximate surface area is 383 Å². The van der Waals surface area contributed by atoms with Gasteiger partial charge in [-0.1, -0.05) is 166 Å². The van der Waals surface area contributed by atoms with Crippen molar-refractivity contribution in [2.45, 2.75) is 109 Å². The first-order chi connectivity index (χ1) is 30.1. The molecule has 0 radical (unpaired) electrons. The Morgan fingerprint density at radius 3 is 2.18 bits per heavy atom. The van der Waals surface area contributed by atoms with Crippen molar-refractivity contribution in [1.82, 2.24) is 14.8 Å². The molecule has 62 heavy (non-hydrogen) atoms. The first-order valence-electron chi connectivity index (χ1n) is 21.5. The highest BCUT2D eigenvalue weighted by atomic mass is 35.5. The molecule has 10 nitrogen and oxygen atoms in total. The van der Waals surface area contributed by atoms with Crippen LogP contribution in [0.15, 0.2) is 102 Å². The molecule has 0 spiro atoms. The fourth-order valence-electron chi connectivity index (χ4n) is 7.79. The van der Waals surface area contributed by atoms with Gasteiger partial charge in [-0.3, -0.25) is 24.8 Å². The van der Waals surface area contributed by atoms with Crippen molar-refractivity contribution in [3.63, 3.8) is 0 Å². The molecule has 0 bridgehead atoms. The van der Waals surface area contributed by atoms with Gasteiger partial charge in [-0.2, -0.15) is 5.01 Å². The van der Waals surface area contributed by atoms with Gasteiger partial charge in [0.25, 0.3) is 5.91 Å². The maximum absolute atomic E-state index is 14.4. The number of hydrazine groups is 1. The molecule has 3 amide bonds. The Morgan fingerprint density at radius 2 is 1.47 bits per heavy atom. The van der Waals surface area contributed by atoms with Crippen molar-refractivity contribution in [2.75, 3.05) is 10.3 Å². The van der Waals surface area contributed by atoms with E-state index in [1.165, 1.54) is 81.3 Å². The summed E-state index contributed by atoms with van der Waals surface area (Å²) in [5.41, 5.74) is -0.147. The zero-order valence-corrected chi connectivity index (χ0v) is 37.9. The minimum Gasteiger partial charge on any atom is -0.400 e. The van der Waals surface area contributed by atoms with Crippen LogP contribution in [0.3, 0.4) is 0 Å². The summed E-state index contributed by atoms with van der Waals surface area (Å²) >= 11 is 26.2. The van der Waals surface area contributed by atoms with E-state index in [9.17, 15) is 19.2 Å². The molecule has 2 atom stereocenters. The molecule has 6 rings (SSSR count). The van der Waals surface area contributed by atoms with Crippen molar-refractivity contribution in [3.05, 3.63) is 123 Å².